The van der Waals surface area contributed by atoms with Crippen LogP contribution in [0.4, 0.5) is 0 Å². The van der Waals surface area contributed by atoms with Crippen molar-refractivity contribution in [3.05, 3.63) is 16.4 Å². The molecule has 0 spiro atoms. The molecule has 5 nitrogen and oxygen atoms in total. The second-order valence-electron chi connectivity index (χ2n) is 4.07. The average Bonchev–Trinajstić information content (AvgIpc) is 2.48. The molecule has 3 N–H and O–H groups in total. The summed E-state index contributed by atoms with van der Waals surface area (Å²) in [7, 11) is 1.88. The van der Waals surface area contributed by atoms with E-state index in [-0.39, 0.29) is 0 Å². The van der Waals surface area contributed by atoms with E-state index in [0.29, 0.717) is 18.5 Å². The molecule has 0 radical (unpaired) electrons. The van der Waals surface area contributed by atoms with Crippen molar-refractivity contribution in [2.75, 3.05) is 0 Å². The van der Waals surface area contributed by atoms with Crippen molar-refractivity contribution in [1.29, 1.82) is 0 Å². The molecule has 0 aromatic carbocycles. The molecule has 0 bridgehead atoms. The fourth-order valence-corrected chi connectivity index (χ4v) is 2.08. The highest BCUT2D eigenvalue weighted by molar-refractivity contribution is 9.10. The zero-order valence-electron chi connectivity index (χ0n) is 9.28. The summed E-state index contributed by atoms with van der Waals surface area (Å²) in [5.41, 5.74) is 6.68. The summed E-state index contributed by atoms with van der Waals surface area (Å²) in [6.45, 7) is 0.507. The molecule has 0 saturated heterocycles. The van der Waals surface area contributed by atoms with E-state index in [1.165, 1.54) is 19.3 Å². The van der Waals surface area contributed by atoms with Crippen LogP contribution in [0.15, 0.2) is 15.7 Å². The molecule has 1 heterocycles. The second kappa shape index (κ2) is 4.86. The summed E-state index contributed by atoms with van der Waals surface area (Å²) >= 11 is 3.43. The number of aromatic nitrogens is 2. The molecule has 1 aromatic rings. The van der Waals surface area contributed by atoms with Crippen molar-refractivity contribution in [3.8, 4) is 0 Å². The lowest BCUT2D eigenvalue weighted by molar-refractivity contribution is 0.382. The fourth-order valence-electron chi connectivity index (χ4n) is 1.58. The zero-order chi connectivity index (χ0) is 11.5. The molecule has 1 saturated carbocycles. The van der Waals surface area contributed by atoms with Gasteiger partial charge in [-0.2, -0.15) is 5.10 Å². The van der Waals surface area contributed by atoms with Crippen LogP contribution < -0.4 is 11.1 Å². The van der Waals surface area contributed by atoms with E-state index in [1.807, 2.05) is 13.2 Å². The van der Waals surface area contributed by atoms with Crippen LogP contribution in [0.5, 0.6) is 0 Å². The Balaban J connectivity index is 1.89. The Morgan fingerprint density at radius 3 is 3.00 bits per heavy atom. The number of nitrogens with zero attached hydrogens (tertiary/aromatic N) is 3. The van der Waals surface area contributed by atoms with Gasteiger partial charge in [0, 0.05) is 19.3 Å². The summed E-state index contributed by atoms with van der Waals surface area (Å²) < 4.78 is 2.72. The summed E-state index contributed by atoms with van der Waals surface area (Å²) in [4.78, 5) is 4.27. The summed E-state index contributed by atoms with van der Waals surface area (Å²) in [5, 5.41) is 7.47. The number of hydrogen-bond acceptors (Lipinski definition) is 2. The highest BCUT2D eigenvalue weighted by Gasteiger charge is 2.17. The first kappa shape index (κ1) is 11.4. The Labute approximate surface area is 103 Å². The lowest BCUT2D eigenvalue weighted by Crippen LogP contribution is -2.43. The molecule has 0 aliphatic heterocycles. The van der Waals surface area contributed by atoms with Crippen LogP contribution in [-0.4, -0.2) is 21.8 Å². The Hall–Kier alpha value is -1.04. The lowest BCUT2D eigenvalue weighted by atomic mass is 9.93. The van der Waals surface area contributed by atoms with Gasteiger partial charge in [-0.25, -0.2) is 4.99 Å². The molecular formula is C10H16BrN5. The number of nitrogens with one attached hydrogen (secondary N) is 1. The van der Waals surface area contributed by atoms with Crippen LogP contribution in [0.2, 0.25) is 0 Å². The van der Waals surface area contributed by atoms with Gasteiger partial charge in [-0.3, -0.25) is 4.68 Å². The van der Waals surface area contributed by atoms with Crippen molar-refractivity contribution in [3.63, 3.8) is 0 Å². The zero-order valence-corrected chi connectivity index (χ0v) is 10.9. The molecular weight excluding hydrogens is 270 g/mol. The monoisotopic (exact) mass is 285 g/mol. The van der Waals surface area contributed by atoms with Crippen LogP contribution in [0.1, 0.15) is 25.0 Å². The van der Waals surface area contributed by atoms with E-state index >= 15 is 0 Å². The van der Waals surface area contributed by atoms with Gasteiger partial charge in [0.25, 0.3) is 0 Å². The number of hydrogen-bond donors (Lipinski definition) is 2. The van der Waals surface area contributed by atoms with E-state index in [9.17, 15) is 0 Å². The van der Waals surface area contributed by atoms with Gasteiger partial charge < -0.3 is 11.1 Å². The molecule has 0 atom stereocenters. The first-order valence-electron chi connectivity index (χ1n) is 5.39. The molecule has 1 aliphatic carbocycles. The van der Waals surface area contributed by atoms with Crippen molar-refractivity contribution < 1.29 is 0 Å². The predicted octanol–water partition coefficient (Wildman–Crippen LogP) is 1.14. The molecule has 16 heavy (non-hydrogen) atoms. The van der Waals surface area contributed by atoms with Crippen LogP contribution >= 0.6 is 15.9 Å². The number of aliphatic imine (C=N–C) groups is 1. The highest BCUT2D eigenvalue weighted by Crippen LogP contribution is 2.18. The quantitative estimate of drug-likeness (QED) is 0.646. The predicted molar refractivity (Wildman–Crippen MR) is 67.0 cm³/mol. The topological polar surface area (TPSA) is 68.2 Å². The third-order valence-electron chi connectivity index (χ3n) is 2.71. The lowest BCUT2D eigenvalue weighted by Gasteiger charge is -2.26. The fraction of sp³-hybridized carbons (Fsp3) is 0.600. The standard InChI is InChI=1S/C10H16BrN5/c1-16-6-8(11)9(15-16)5-13-10(12)14-7-3-2-4-7/h6-7H,2-5H2,1H3,(H3,12,13,14). The van der Waals surface area contributed by atoms with Crippen LogP contribution in [0.3, 0.4) is 0 Å². The van der Waals surface area contributed by atoms with Gasteiger partial charge in [0.15, 0.2) is 5.96 Å². The molecule has 1 fully saturated rings. The highest BCUT2D eigenvalue weighted by atomic mass is 79.9. The van der Waals surface area contributed by atoms with Crippen molar-refractivity contribution >= 4 is 21.9 Å². The third kappa shape index (κ3) is 2.75. The first-order valence-corrected chi connectivity index (χ1v) is 6.19. The second-order valence-corrected chi connectivity index (χ2v) is 4.93. The van der Waals surface area contributed by atoms with E-state index in [2.05, 4.69) is 31.3 Å². The van der Waals surface area contributed by atoms with Gasteiger partial charge in [-0.05, 0) is 35.2 Å². The Kier molecular flexibility index (Phi) is 3.48. The smallest absolute Gasteiger partial charge is 0.189 e. The van der Waals surface area contributed by atoms with E-state index in [4.69, 9.17) is 5.73 Å². The van der Waals surface area contributed by atoms with Gasteiger partial charge >= 0.3 is 0 Å². The van der Waals surface area contributed by atoms with Gasteiger partial charge in [0.2, 0.25) is 0 Å². The average molecular weight is 286 g/mol. The van der Waals surface area contributed by atoms with Gasteiger partial charge in [0.05, 0.1) is 16.7 Å². The largest absolute Gasteiger partial charge is 0.370 e. The normalized spacial score (nSPS) is 17.2. The molecule has 1 aliphatic rings. The van der Waals surface area contributed by atoms with Crippen LogP contribution in [0.25, 0.3) is 0 Å². The molecule has 0 amide bonds. The van der Waals surface area contributed by atoms with Crippen molar-refractivity contribution in [1.82, 2.24) is 15.1 Å². The Morgan fingerprint density at radius 1 is 1.75 bits per heavy atom. The van der Waals surface area contributed by atoms with Crippen LogP contribution in [0, 0.1) is 0 Å². The minimum atomic E-state index is 0.507. The Bertz CT molecular complexity index is 394. The Morgan fingerprint density at radius 2 is 2.50 bits per heavy atom. The van der Waals surface area contributed by atoms with Gasteiger partial charge in [-0.1, -0.05) is 0 Å². The third-order valence-corrected chi connectivity index (χ3v) is 3.37. The van der Waals surface area contributed by atoms with Gasteiger partial charge in [0.1, 0.15) is 0 Å². The van der Waals surface area contributed by atoms with Gasteiger partial charge in [-0.15, -0.1) is 0 Å². The maximum Gasteiger partial charge on any atom is 0.189 e. The number of halogens is 1. The number of rotatable bonds is 3. The molecule has 6 heteroatoms. The van der Waals surface area contributed by atoms with Crippen LogP contribution in [-0.2, 0) is 13.6 Å². The van der Waals surface area contributed by atoms with E-state index in [1.54, 1.807) is 4.68 Å². The van der Waals surface area contributed by atoms with Crippen molar-refractivity contribution in [2.24, 2.45) is 17.8 Å². The number of nitrogens with two attached hydrogens (primary N) is 1. The summed E-state index contributed by atoms with van der Waals surface area (Å²) in [6.07, 6.45) is 5.59. The van der Waals surface area contributed by atoms with Crippen molar-refractivity contribution in [2.45, 2.75) is 31.8 Å². The first-order chi connectivity index (χ1) is 7.65. The number of aryl methyl sites for hydroxylation is 1. The maximum atomic E-state index is 5.78. The molecule has 88 valence electrons. The number of guanidine groups is 1. The molecule has 1 aromatic heterocycles. The maximum absolute atomic E-state index is 5.78. The summed E-state index contributed by atoms with van der Waals surface area (Å²) in [5.74, 6) is 0.516. The minimum Gasteiger partial charge on any atom is -0.370 e. The SMILES string of the molecule is Cn1cc(Br)c(CN=C(N)NC2CCC2)n1. The molecule has 2 rings (SSSR count). The summed E-state index contributed by atoms with van der Waals surface area (Å²) in [6, 6.07) is 0.524. The molecule has 0 unspecified atom stereocenters. The minimum absolute atomic E-state index is 0.507. The van der Waals surface area contributed by atoms with E-state index in [0.717, 1.165) is 10.2 Å². The van der Waals surface area contributed by atoms with E-state index < -0.39 is 0 Å².